The molecule has 2 N–H and O–H groups in total. The number of hydrogen-bond acceptors (Lipinski definition) is 9. The van der Waals surface area contributed by atoms with Crippen LogP contribution < -0.4 is 10.6 Å². The molecule has 11 heteroatoms. The molecule has 2 aliphatic rings. The summed E-state index contributed by atoms with van der Waals surface area (Å²) in [7, 11) is 0. The van der Waals surface area contributed by atoms with Gasteiger partial charge in [0.1, 0.15) is 23.0 Å². The molecule has 2 fully saturated rings. The van der Waals surface area contributed by atoms with Crippen LogP contribution in [0.5, 0.6) is 0 Å². The molecule has 2 aromatic rings. The number of nitriles is 2. The molecule has 2 heterocycles. The SMILES string of the molecule is N#Cc1c(N)nc(SCC(=O)N2CCN(c3ccc([N+](=O)[O-])cc3)CC2)c(C#N)c1C1CC1. The zero-order valence-electron chi connectivity index (χ0n) is 17.7. The second-order valence-electron chi connectivity index (χ2n) is 7.89. The fourth-order valence-corrected chi connectivity index (χ4v) is 4.84. The Morgan fingerprint density at radius 2 is 1.79 bits per heavy atom. The van der Waals surface area contributed by atoms with E-state index in [4.69, 9.17) is 5.73 Å². The first-order valence-electron chi connectivity index (χ1n) is 10.5. The molecular weight excluding hydrogens is 442 g/mol. The maximum Gasteiger partial charge on any atom is 0.269 e. The second kappa shape index (κ2) is 9.35. The van der Waals surface area contributed by atoms with Gasteiger partial charge >= 0.3 is 0 Å². The van der Waals surface area contributed by atoms with E-state index in [0.717, 1.165) is 18.5 Å². The zero-order valence-corrected chi connectivity index (χ0v) is 18.5. The number of thioether (sulfide) groups is 1. The highest BCUT2D eigenvalue weighted by Gasteiger charge is 2.32. The number of anilines is 2. The van der Waals surface area contributed by atoms with Crippen LogP contribution in [-0.2, 0) is 4.79 Å². The lowest BCUT2D eigenvalue weighted by Gasteiger charge is -2.36. The van der Waals surface area contributed by atoms with E-state index >= 15 is 0 Å². The van der Waals surface area contributed by atoms with Crippen LogP contribution in [-0.4, -0.2) is 52.6 Å². The molecule has 1 saturated heterocycles. The van der Waals surface area contributed by atoms with Crippen molar-refractivity contribution in [1.29, 1.82) is 10.5 Å². The fourth-order valence-electron chi connectivity index (χ4n) is 3.93. The van der Waals surface area contributed by atoms with E-state index in [1.807, 2.05) is 0 Å². The Morgan fingerprint density at radius 3 is 2.33 bits per heavy atom. The van der Waals surface area contributed by atoms with Crippen LogP contribution in [0.4, 0.5) is 17.2 Å². The number of nitrogens with two attached hydrogens (primary N) is 1. The number of hydrogen-bond donors (Lipinski definition) is 1. The summed E-state index contributed by atoms with van der Waals surface area (Å²) in [4.78, 5) is 31.3. The average molecular weight is 464 g/mol. The van der Waals surface area contributed by atoms with E-state index in [0.29, 0.717) is 42.3 Å². The minimum absolute atomic E-state index is 0.0446. The lowest BCUT2D eigenvalue weighted by atomic mass is 10.0. The predicted octanol–water partition coefficient (Wildman–Crippen LogP) is 2.63. The van der Waals surface area contributed by atoms with Gasteiger partial charge in [0.25, 0.3) is 5.69 Å². The number of non-ortho nitro benzene ring substituents is 1. The largest absolute Gasteiger partial charge is 0.383 e. The number of nitro benzene ring substituents is 1. The molecule has 1 saturated carbocycles. The number of nitrogen functional groups attached to an aromatic ring is 1. The molecule has 1 amide bonds. The van der Waals surface area contributed by atoms with Crippen molar-refractivity contribution in [3.05, 3.63) is 51.1 Å². The van der Waals surface area contributed by atoms with E-state index in [1.165, 1.54) is 23.9 Å². The van der Waals surface area contributed by atoms with E-state index < -0.39 is 4.92 Å². The van der Waals surface area contributed by atoms with Gasteiger partial charge in [0.05, 0.1) is 21.8 Å². The summed E-state index contributed by atoms with van der Waals surface area (Å²) in [6, 6.07) is 10.6. The normalized spacial score (nSPS) is 15.6. The topological polar surface area (TPSA) is 153 Å². The van der Waals surface area contributed by atoms with Crippen LogP contribution >= 0.6 is 11.8 Å². The summed E-state index contributed by atoms with van der Waals surface area (Å²) in [5, 5.41) is 30.3. The second-order valence-corrected chi connectivity index (χ2v) is 8.86. The monoisotopic (exact) mass is 463 g/mol. The van der Waals surface area contributed by atoms with Crippen molar-refractivity contribution < 1.29 is 9.72 Å². The number of rotatable bonds is 6. The molecule has 0 atom stereocenters. The maximum absolute atomic E-state index is 12.8. The summed E-state index contributed by atoms with van der Waals surface area (Å²) >= 11 is 1.18. The Kier molecular flexibility index (Phi) is 6.33. The Labute approximate surface area is 194 Å². The number of amides is 1. The summed E-state index contributed by atoms with van der Waals surface area (Å²) < 4.78 is 0. The third kappa shape index (κ3) is 4.69. The number of pyridine rings is 1. The first-order chi connectivity index (χ1) is 15.9. The third-order valence-electron chi connectivity index (χ3n) is 5.83. The number of piperazine rings is 1. The van der Waals surface area contributed by atoms with Gasteiger partial charge in [-0.3, -0.25) is 14.9 Å². The summed E-state index contributed by atoms with van der Waals surface area (Å²) in [6.07, 6.45) is 1.82. The van der Waals surface area contributed by atoms with Gasteiger partial charge in [0.15, 0.2) is 0 Å². The molecule has 1 aliphatic heterocycles. The number of benzene rings is 1. The minimum atomic E-state index is -0.431. The van der Waals surface area contributed by atoms with Crippen LogP contribution in [0.15, 0.2) is 29.3 Å². The van der Waals surface area contributed by atoms with Gasteiger partial charge in [-0.2, -0.15) is 10.5 Å². The van der Waals surface area contributed by atoms with Crippen LogP contribution in [0.2, 0.25) is 0 Å². The lowest BCUT2D eigenvalue weighted by molar-refractivity contribution is -0.384. The van der Waals surface area contributed by atoms with Crippen molar-refractivity contribution in [2.24, 2.45) is 0 Å². The highest BCUT2D eigenvalue weighted by molar-refractivity contribution is 8.00. The molecule has 33 heavy (non-hydrogen) atoms. The van der Waals surface area contributed by atoms with Crippen molar-refractivity contribution in [2.45, 2.75) is 23.8 Å². The Bertz CT molecular complexity index is 1170. The van der Waals surface area contributed by atoms with E-state index in [9.17, 15) is 25.4 Å². The zero-order chi connectivity index (χ0) is 23.5. The van der Waals surface area contributed by atoms with Crippen LogP contribution in [0, 0.1) is 32.8 Å². The smallest absolute Gasteiger partial charge is 0.269 e. The highest BCUT2D eigenvalue weighted by Crippen LogP contribution is 2.45. The number of carbonyl (C=O) groups excluding carboxylic acids is 1. The molecule has 0 unspecified atom stereocenters. The first kappa shape index (κ1) is 22.4. The Morgan fingerprint density at radius 1 is 1.15 bits per heavy atom. The van der Waals surface area contributed by atoms with Crippen LogP contribution in [0.3, 0.4) is 0 Å². The van der Waals surface area contributed by atoms with Crippen molar-refractivity contribution in [2.75, 3.05) is 42.6 Å². The first-order valence-corrected chi connectivity index (χ1v) is 11.4. The van der Waals surface area contributed by atoms with Crippen LogP contribution in [0.1, 0.15) is 35.4 Å². The molecule has 0 spiro atoms. The quantitative estimate of drug-likeness (QED) is 0.387. The van der Waals surface area contributed by atoms with Gasteiger partial charge in [-0.25, -0.2) is 4.98 Å². The summed E-state index contributed by atoms with van der Waals surface area (Å²) in [5.74, 6) is 0.312. The summed E-state index contributed by atoms with van der Waals surface area (Å²) in [5.41, 5.74) is 8.19. The number of nitrogens with zero attached hydrogens (tertiary/aromatic N) is 6. The third-order valence-corrected chi connectivity index (χ3v) is 6.79. The summed E-state index contributed by atoms with van der Waals surface area (Å²) in [6.45, 7) is 2.28. The maximum atomic E-state index is 12.8. The van der Waals surface area contributed by atoms with Gasteiger partial charge in [-0.1, -0.05) is 11.8 Å². The van der Waals surface area contributed by atoms with E-state index in [2.05, 4.69) is 22.0 Å². The van der Waals surface area contributed by atoms with Crippen LogP contribution in [0.25, 0.3) is 0 Å². The number of aromatic nitrogens is 1. The number of nitro groups is 1. The van der Waals surface area contributed by atoms with Crippen molar-refractivity contribution in [3.63, 3.8) is 0 Å². The lowest BCUT2D eigenvalue weighted by Crippen LogP contribution is -2.49. The van der Waals surface area contributed by atoms with Gasteiger partial charge in [-0.15, -0.1) is 0 Å². The van der Waals surface area contributed by atoms with Crippen molar-refractivity contribution >= 4 is 34.9 Å². The Hall–Kier alpha value is -3.83. The van der Waals surface area contributed by atoms with Gasteiger partial charge in [0.2, 0.25) is 5.91 Å². The molecule has 10 nitrogen and oxygen atoms in total. The molecule has 1 aromatic heterocycles. The standard InChI is InChI=1S/C22H21N7O3S/c23-11-17-20(14-1-2-14)18(12-24)22(26-21(17)25)33-13-19(30)28-9-7-27(8-10-28)15-3-5-16(6-4-15)29(31)32/h3-6,14H,1-2,7-10,13H2,(H2,25,26). The minimum Gasteiger partial charge on any atom is -0.383 e. The number of carbonyl (C=O) groups is 1. The van der Waals surface area contributed by atoms with Crippen molar-refractivity contribution in [3.8, 4) is 12.1 Å². The highest BCUT2D eigenvalue weighted by atomic mass is 32.2. The van der Waals surface area contributed by atoms with E-state index in [-0.39, 0.29) is 34.6 Å². The van der Waals surface area contributed by atoms with Gasteiger partial charge in [-0.05, 0) is 36.5 Å². The molecule has 4 rings (SSSR count). The predicted molar refractivity (Wildman–Crippen MR) is 123 cm³/mol. The van der Waals surface area contributed by atoms with Gasteiger partial charge < -0.3 is 15.5 Å². The molecule has 168 valence electrons. The average Bonchev–Trinajstić information content (AvgIpc) is 3.67. The Balaban J connectivity index is 1.38. The molecule has 1 aliphatic carbocycles. The van der Waals surface area contributed by atoms with E-state index in [1.54, 1.807) is 17.0 Å². The molecule has 1 aromatic carbocycles. The molecular formula is C22H21N7O3S. The van der Waals surface area contributed by atoms with Crippen molar-refractivity contribution in [1.82, 2.24) is 9.88 Å². The molecule has 0 radical (unpaired) electrons. The van der Waals surface area contributed by atoms with Gasteiger partial charge in [0, 0.05) is 44.0 Å². The fraction of sp³-hybridized carbons (Fsp3) is 0.364. The molecule has 0 bridgehead atoms.